The number of hydrogen-bond donors (Lipinski definition) is 2. The molecule has 1 aromatic carbocycles. The first kappa shape index (κ1) is 30.9. The number of aliphatic imine (C=N–C) groups is 1. The second-order valence-electron chi connectivity index (χ2n) is 11.4. The van der Waals surface area contributed by atoms with Crippen LogP contribution in [-0.4, -0.2) is 59.2 Å². The van der Waals surface area contributed by atoms with E-state index in [1.54, 1.807) is 11.9 Å². The molecule has 222 valence electrons. The van der Waals surface area contributed by atoms with Crippen molar-refractivity contribution in [3.63, 3.8) is 0 Å². The van der Waals surface area contributed by atoms with Crippen molar-refractivity contribution in [3.05, 3.63) is 34.2 Å². The number of amides is 1. The quantitative estimate of drug-likeness (QED) is 0.228. The molecule has 4 rings (SSSR count). The van der Waals surface area contributed by atoms with Crippen LogP contribution >= 0.6 is 11.9 Å². The largest absolute Gasteiger partial charge is 0.494 e. The number of ether oxygens (including phenoxy) is 1. The molecule has 0 bridgehead atoms. The fraction of sp³-hybridized carbons (Fsp3) is 0.667. The van der Waals surface area contributed by atoms with Gasteiger partial charge in [0.2, 0.25) is 0 Å². The van der Waals surface area contributed by atoms with Crippen LogP contribution in [0.5, 0.6) is 5.75 Å². The highest BCUT2D eigenvalue weighted by Crippen LogP contribution is 2.38. The van der Waals surface area contributed by atoms with E-state index in [1.165, 1.54) is 5.56 Å². The standard InChI is InChI=1S/C30H42F3N3O3S/c1-21-19-25(39-17-4-3-16-37)20-22(2)26(21)10-18-40-36-14-12-29(13-15-36)28(38)34-27(35-29)24-7-5-23(6-8-24)9-11-30(31,32)33/h10,18-20,23-24,37H,3-9,11-17H2,1-2H3,(H,34,35,38)/b18-10+. The summed E-state index contributed by atoms with van der Waals surface area (Å²) in [5, 5.41) is 14.0. The number of carbonyl (C=O) groups excluding carboxylic acids is 1. The van der Waals surface area contributed by atoms with Crippen molar-refractivity contribution in [2.45, 2.75) is 89.8 Å². The molecule has 0 aromatic heterocycles. The Bertz CT molecular complexity index is 1050. The van der Waals surface area contributed by atoms with Gasteiger partial charge >= 0.3 is 6.18 Å². The Morgan fingerprint density at radius 2 is 1.82 bits per heavy atom. The number of nitrogens with one attached hydrogen (secondary N) is 1. The van der Waals surface area contributed by atoms with Gasteiger partial charge in [-0.1, -0.05) is 11.9 Å². The predicted octanol–water partition coefficient (Wildman–Crippen LogP) is 6.59. The zero-order valence-electron chi connectivity index (χ0n) is 23.6. The van der Waals surface area contributed by atoms with Crippen molar-refractivity contribution >= 4 is 29.8 Å². The number of aliphatic hydroxyl groups is 1. The number of piperidine rings is 1. The van der Waals surface area contributed by atoms with Gasteiger partial charge in [0.05, 0.1) is 6.61 Å². The number of rotatable bonds is 11. The number of unbranched alkanes of at least 4 members (excludes halogenated alkanes) is 1. The first-order chi connectivity index (χ1) is 19.1. The lowest BCUT2D eigenvalue weighted by Crippen LogP contribution is -2.47. The lowest BCUT2D eigenvalue weighted by atomic mass is 9.79. The van der Waals surface area contributed by atoms with E-state index in [0.717, 1.165) is 74.3 Å². The van der Waals surface area contributed by atoms with Crippen molar-refractivity contribution in [1.29, 1.82) is 0 Å². The molecular weight excluding hydrogens is 539 g/mol. The summed E-state index contributed by atoms with van der Waals surface area (Å²) in [5.74, 6) is 1.84. The van der Waals surface area contributed by atoms with Crippen molar-refractivity contribution in [2.24, 2.45) is 16.8 Å². The fourth-order valence-corrected chi connectivity index (χ4v) is 6.76. The highest BCUT2D eigenvalue weighted by atomic mass is 32.2. The molecule has 1 saturated carbocycles. The number of alkyl halides is 3. The SMILES string of the molecule is Cc1cc(OCCCCO)cc(C)c1/C=C/SN1CCC2(CC1)N=C(C1CCC(CCC(F)(F)F)CC1)NC2=O. The van der Waals surface area contributed by atoms with Crippen LogP contribution in [0.1, 0.15) is 80.9 Å². The molecule has 2 aliphatic heterocycles. The van der Waals surface area contributed by atoms with Crippen molar-refractivity contribution in [1.82, 2.24) is 9.62 Å². The topological polar surface area (TPSA) is 74.2 Å². The summed E-state index contributed by atoms with van der Waals surface area (Å²) >= 11 is 1.65. The predicted molar refractivity (Wildman–Crippen MR) is 154 cm³/mol. The second kappa shape index (κ2) is 13.7. The number of carbonyl (C=O) groups is 1. The molecule has 2 fully saturated rings. The van der Waals surface area contributed by atoms with Gasteiger partial charge in [-0.3, -0.25) is 9.79 Å². The molecule has 1 spiro atoms. The Hall–Kier alpha value is -2.04. The van der Waals surface area contributed by atoms with Crippen LogP contribution in [0.2, 0.25) is 0 Å². The zero-order valence-corrected chi connectivity index (χ0v) is 24.4. The maximum absolute atomic E-state index is 13.0. The third-order valence-electron chi connectivity index (χ3n) is 8.45. The molecule has 1 saturated heterocycles. The Balaban J connectivity index is 1.25. The summed E-state index contributed by atoms with van der Waals surface area (Å²) in [7, 11) is 0. The number of benzene rings is 1. The van der Waals surface area contributed by atoms with Gasteiger partial charge in [0.15, 0.2) is 0 Å². The lowest BCUT2D eigenvalue weighted by molar-refractivity contribution is -0.138. The van der Waals surface area contributed by atoms with Gasteiger partial charge in [0.25, 0.3) is 5.91 Å². The third-order valence-corrected chi connectivity index (χ3v) is 9.37. The van der Waals surface area contributed by atoms with Crippen molar-refractivity contribution < 1.29 is 27.8 Å². The Morgan fingerprint density at radius 3 is 2.45 bits per heavy atom. The van der Waals surface area contributed by atoms with Crippen LogP contribution in [0, 0.1) is 25.7 Å². The van der Waals surface area contributed by atoms with Crippen LogP contribution in [-0.2, 0) is 4.79 Å². The summed E-state index contributed by atoms with van der Waals surface area (Å²) in [4.78, 5) is 17.9. The molecule has 1 amide bonds. The van der Waals surface area contributed by atoms with E-state index in [1.807, 2.05) is 12.1 Å². The summed E-state index contributed by atoms with van der Waals surface area (Å²) in [5.41, 5.74) is 2.75. The molecule has 0 atom stereocenters. The second-order valence-corrected chi connectivity index (χ2v) is 12.4. The number of nitrogens with zero attached hydrogens (tertiary/aromatic N) is 2. The van der Waals surface area contributed by atoms with Gasteiger partial charge in [-0.05, 0) is 118 Å². The van der Waals surface area contributed by atoms with E-state index < -0.39 is 18.1 Å². The molecule has 6 nitrogen and oxygen atoms in total. The molecule has 2 heterocycles. The molecule has 0 radical (unpaired) electrons. The molecule has 2 N–H and O–H groups in total. The van der Waals surface area contributed by atoms with Crippen LogP contribution in [0.15, 0.2) is 22.5 Å². The summed E-state index contributed by atoms with van der Waals surface area (Å²) < 4.78 is 45.8. The highest BCUT2D eigenvalue weighted by molar-refractivity contribution is 8.00. The molecular formula is C30H42F3N3O3S. The Kier molecular flexibility index (Phi) is 10.6. The number of aryl methyl sites for hydroxylation is 2. The summed E-state index contributed by atoms with van der Waals surface area (Å²) in [6, 6.07) is 4.09. The van der Waals surface area contributed by atoms with Crippen LogP contribution < -0.4 is 10.1 Å². The van der Waals surface area contributed by atoms with Gasteiger partial charge in [0, 0.05) is 32.0 Å². The highest BCUT2D eigenvalue weighted by Gasteiger charge is 2.47. The van der Waals surface area contributed by atoms with Crippen LogP contribution in [0.4, 0.5) is 13.2 Å². The normalized spacial score (nSPS) is 23.6. The number of amidine groups is 1. The first-order valence-corrected chi connectivity index (χ1v) is 15.3. The van der Waals surface area contributed by atoms with E-state index in [9.17, 15) is 18.0 Å². The van der Waals surface area contributed by atoms with Gasteiger partial charge < -0.3 is 15.2 Å². The first-order valence-electron chi connectivity index (χ1n) is 14.5. The third kappa shape index (κ3) is 8.26. The maximum Gasteiger partial charge on any atom is 0.389 e. The average molecular weight is 582 g/mol. The van der Waals surface area contributed by atoms with E-state index in [4.69, 9.17) is 14.8 Å². The van der Waals surface area contributed by atoms with Crippen molar-refractivity contribution in [2.75, 3.05) is 26.3 Å². The van der Waals surface area contributed by atoms with Gasteiger partial charge in [0.1, 0.15) is 17.1 Å². The number of hydrogen-bond acceptors (Lipinski definition) is 6. The zero-order chi connectivity index (χ0) is 28.8. The van der Waals surface area contributed by atoms with Crippen LogP contribution in [0.3, 0.4) is 0 Å². The smallest absolute Gasteiger partial charge is 0.389 e. The van der Waals surface area contributed by atoms with Crippen molar-refractivity contribution in [3.8, 4) is 5.75 Å². The van der Waals surface area contributed by atoms with Gasteiger partial charge in [-0.2, -0.15) is 13.2 Å². The Morgan fingerprint density at radius 1 is 1.15 bits per heavy atom. The average Bonchev–Trinajstić information content (AvgIpc) is 3.23. The number of aliphatic hydroxyl groups excluding tert-OH is 1. The molecule has 40 heavy (non-hydrogen) atoms. The molecule has 1 aliphatic carbocycles. The van der Waals surface area contributed by atoms with E-state index in [-0.39, 0.29) is 30.8 Å². The maximum atomic E-state index is 13.0. The monoisotopic (exact) mass is 581 g/mol. The minimum Gasteiger partial charge on any atom is -0.494 e. The molecule has 3 aliphatic rings. The fourth-order valence-electron chi connectivity index (χ4n) is 6.00. The minimum atomic E-state index is -4.09. The molecule has 1 aromatic rings. The van der Waals surface area contributed by atoms with Gasteiger partial charge in [-0.25, -0.2) is 4.31 Å². The number of halogens is 3. The van der Waals surface area contributed by atoms with E-state index in [0.29, 0.717) is 19.4 Å². The van der Waals surface area contributed by atoms with Gasteiger partial charge in [-0.15, -0.1) is 0 Å². The molecule has 10 heteroatoms. The Labute approximate surface area is 240 Å². The van der Waals surface area contributed by atoms with Crippen LogP contribution in [0.25, 0.3) is 6.08 Å². The molecule has 0 unspecified atom stereocenters. The lowest BCUT2D eigenvalue weighted by Gasteiger charge is -2.34. The van der Waals surface area contributed by atoms with E-state index in [2.05, 4.69) is 35.0 Å². The minimum absolute atomic E-state index is 0.0215. The van der Waals surface area contributed by atoms with E-state index >= 15 is 0 Å². The summed E-state index contributed by atoms with van der Waals surface area (Å²) in [6.45, 7) is 6.43. The summed E-state index contributed by atoms with van der Waals surface area (Å²) in [6.07, 6.45) is 3.52.